The molecule has 1 aromatic rings. The maximum atomic E-state index is 12.0. The van der Waals surface area contributed by atoms with Crippen molar-refractivity contribution in [3.05, 3.63) is 11.1 Å². The van der Waals surface area contributed by atoms with Gasteiger partial charge in [-0.3, -0.25) is 4.79 Å². The van der Waals surface area contributed by atoms with Gasteiger partial charge in [0.1, 0.15) is 0 Å². The normalized spacial score (nSPS) is 10.1. The molecule has 0 atom stereocenters. The molecule has 1 rings (SSSR count). The van der Waals surface area contributed by atoms with Gasteiger partial charge in [0.15, 0.2) is 5.69 Å². The van der Waals surface area contributed by atoms with E-state index in [1.165, 1.54) is 0 Å². The van der Waals surface area contributed by atoms with Crippen molar-refractivity contribution < 1.29 is 4.79 Å². The fourth-order valence-corrected chi connectivity index (χ4v) is 1.75. The SMILES string of the molecule is CC(C)CN(CCC#N)C(=O)c1csnn1. The molecule has 0 aliphatic carbocycles. The molecule has 1 heterocycles. The van der Waals surface area contributed by atoms with Crippen molar-refractivity contribution in [2.75, 3.05) is 13.1 Å². The summed E-state index contributed by atoms with van der Waals surface area (Å²) in [6.07, 6.45) is 0.343. The van der Waals surface area contributed by atoms with Gasteiger partial charge in [-0.05, 0) is 17.5 Å². The molecule has 6 heteroatoms. The summed E-state index contributed by atoms with van der Waals surface area (Å²) in [4.78, 5) is 13.6. The first-order valence-corrected chi connectivity index (χ1v) is 5.92. The van der Waals surface area contributed by atoms with E-state index in [-0.39, 0.29) is 5.91 Å². The van der Waals surface area contributed by atoms with Crippen LogP contribution in [0.1, 0.15) is 30.8 Å². The molecule has 0 fully saturated rings. The largest absolute Gasteiger partial charge is 0.336 e. The molecule has 0 spiro atoms. The van der Waals surface area contributed by atoms with E-state index in [9.17, 15) is 4.79 Å². The third-order valence-corrected chi connectivity index (χ3v) is 2.45. The highest BCUT2D eigenvalue weighted by Crippen LogP contribution is 2.07. The van der Waals surface area contributed by atoms with Gasteiger partial charge in [-0.25, -0.2) is 0 Å². The fourth-order valence-electron chi connectivity index (χ4n) is 1.32. The summed E-state index contributed by atoms with van der Waals surface area (Å²) in [5, 5.41) is 13.9. The lowest BCUT2D eigenvalue weighted by Crippen LogP contribution is -2.35. The van der Waals surface area contributed by atoms with Crippen LogP contribution in [0, 0.1) is 17.2 Å². The summed E-state index contributed by atoms with van der Waals surface area (Å²) in [6, 6.07) is 2.04. The minimum absolute atomic E-state index is 0.141. The molecule has 0 aliphatic heterocycles. The molecule has 5 nitrogen and oxygen atoms in total. The zero-order valence-electron chi connectivity index (χ0n) is 9.38. The van der Waals surface area contributed by atoms with Crippen LogP contribution in [0.4, 0.5) is 0 Å². The molecular formula is C10H14N4OS. The number of hydrogen-bond donors (Lipinski definition) is 0. The minimum Gasteiger partial charge on any atom is -0.336 e. The number of hydrogen-bond acceptors (Lipinski definition) is 5. The van der Waals surface area contributed by atoms with Crippen LogP contribution < -0.4 is 0 Å². The Labute approximate surface area is 98.9 Å². The first kappa shape index (κ1) is 12.6. The van der Waals surface area contributed by atoms with Crippen LogP contribution in [0.5, 0.6) is 0 Å². The first-order valence-electron chi connectivity index (χ1n) is 5.08. The second kappa shape index (κ2) is 6.18. The highest BCUT2D eigenvalue weighted by atomic mass is 32.1. The molecule has 0 bridgehead atoms. The Morgan fingerprint density at radius 1 is 1.69 bits per heavy atom. The smallest absolute Gasteiger partial charge is 0.275 e. The number of carbonyl (C=O) groups excluding carboxylic acids is 1. The predicted octanol–water partition coefficient (Wildman–Crippen LogP) is 1.55. The van der Waals surface area contributed by atoms with E-state index >= 15 is 0 Å². The molecule has 16 heavy (non-hydrogen) atoms. The quantitative estimate of drug-likeness (QED) is 0.780. The summed E-state index contributed by atoms with van der Waals surface area (Å²) >= 11 is 1.15. The monoisotopic (exact) mass is 238 g/mol. The predicted molar refractivity (Wildman–Crippen MR) is 60.9 cm³/mol. The molecular weight excluding hydrogens is 224 g/mol. The van der Waals surface area contributed by atoms with E-state index < -0.39 is 0 Å². The van der Waals surface area contributed by atoms with Gasteiger partial charge < -0.3 is 4.90 Å². The van der Waals surface area contributed by atoms with E-state index in [2.05, 4.69) is 9.59 Å². The van der Waals surface area contributed by atoms with Crippen LogP contribution in [0.25, 0.3) is 0 Å². The van der Waals surface area contributed by atoms with E-state index in [1.807, 2.05) is 19.9 Å². The number of nitriles is 1. The Kier molecular flexibility index (Phi) is 4.86. The Morgan fingerprint density at radius 2 is 2.44 bits per heavy atom. The minimum atomic E-state index is -0.141. The Bertz CT molecular complexity index is 369. The lowest BCUT2D eigenvalue weighted by atomic mass is 10.2. The number of nitrogens with zero attached hydrogens (tertiary/aromatic N) is 4. The number of aromatic nitrogens is 2. The molecule has 0 aromatic carbocycles. The molecule has 1 amide bonds. The zero-order valence-corrected chi connectivity index (χ0v) is 10.2. The van der Waals surface area contributed by atoms with E-state index in [0.717, 1.165) is 11.5 Å². The van der Waals surface area contributed by atoms with Gasteiger partial charge in [0.2, 0.25) is 0 Å². The molecule has 0 N–H and O–H groups in total. The average molecular weight is 238 g/mol. The second-order valence-electron chi connectivity index (χ2n) is 3.84. The standard InChI is InChI=1S/C10H14N4OS/c1-8(2)6-14(5-3-4-11)10(15)9-7-16-13-12-9/h7-8H,3,5-6H2,1-2H3. The van der Waals surface area contributed by atoms with Crippen molar-refractivity contribution in [3.63, 3.8) is 0 Å². The van der Waals surface area contributed by atoms with Gasteiger partial charge in [0.05, 0.1) is 12.5 Å². The van der Waals surface area contributed by atoms with Crippen molar-refractivity contribution >= 4 is 17.4 Å². The van der Waals surface area contributed by atoms with Gasteiger partial charge in [-0.1, -0.05) is 18.3 Å². The van der Waals surface area contributed by atoms with Gasteiger partial charge in [0.25, 0.3) is 5.91 Å². The first-order chi connectivity index (χ1) is 7.65. The van der Waals surface area contributed by atoms with Crippen LogP contribution in [0.3, 0.4) is 0 Å². The Hall–Kier alpha value is -1.48. The Morgan fingerprint density at radius 3 is 2.94 bits per heavy atom. The zero-order chi connectivity index (χ0) is 12.0. The maximum absolute atomic E-state index is 12.0. The number of carbonyl (C=O) groups is 1. The van der Waals surface area contributed by atoms with Crippen molar-refractivity contribution in [2.24, 2.45) is 5.92 Å². The maximum Gasteiger partial charge on any atom is 0.275 e. The topological polar surface area (TPSA) is 69.9 Å². The Balaban J connectivity index is 2.68. The van der Waals surface area contributed by atoms with Gasteiger partial charge in [0, 0.05) is 18.5 Å². The van der Waals surface area contributed by atoms with Gasteiger partial charge >= 0.3 is 0 Å². The van der Waals surface area contributed by atoms with Gasteiger partial charge in [-0.2, -0.15) is 5.26 Å². The lowest BCUT2D eigenvalue weighted by Gasteiger charge is -2.22. The van der Waals surface area contributed by atoms with Crippen LogP contribution in [-0.2, 0) is 0 Å². The summed E-state index contributed by atoms with van der Waals surface area (Å²) < 4.78 is 3.66. The molecule has 0 saturated carbocycles. The average Bonchev–Trinajstić information content (AvgIpc) is 2.76. The van der Waals surface area contributed by atoms with Crippen molar-refractivity contribution in [3.8, 4) is 6.07 Å². The fraction of sp³-hybridized carbons (Fsp3) is 0.600. The third-order valence-electron chi connectivity index (χ3n) is 1.95. The van der Waals surface area contributed by atoms with E-state index in [1.54, 1.807) is 10.3 Å². The number of rotatable bonds is 5. The molecule has 86 valence electrons. The third kappa shape index (κ3) is 3.59. The number of amides is 1. The lowest BCUT2D eigenvalue weighted by molar-refractivity contribution is 0.0734. The summed E-state index contributed by atoms with van der Waals surface area (Å²) in [6.45, 7) is 5.15. The molecule has 0 aliphatic rings. The van der Waals surface area contributed by atoms with Crippen LogP contribution in [-0.4, -0.2) is 33.5 Å². The van der Waals surface area contributed by atoms with Crippen LogP contribution in [0.15, 0.2) is 5.38 Å². The van der Waals surface area contributed by atoms with Crippen molar-refractivity contribution in [1.82, 2.24) is 14.5 Å². The molecule has 1 aromatic heterocycles. The summed E-state index contributed by atoms with van der Waals surface area (Å²) in [5.74, 6) is 0.229. The highest BCUT2D eigenvalue weighted by molar-refractivity contribution is 7.03. The summed E-state index contributed by atoms with van der Waals surface area (Å²) in [5.41, 5.74) is 0.364. The molecule has 0 saturated heterocycles. The summed E-state index contributed by atoms with van der Waals surface area (Å²) in [7, 11) is 0. The molecule has 0 radical (unpaired) electrons. The van der Waals surface area contributed by atoms with Gasteiger partial charge in [-0.15, -0.1) is 5.10 Å². The second-order valence-corrected chi connectivity index (χ2v) is 4.45. The van der Waals surface area contributed by atoms with Crippen LogP contribution in [0.2, 0.25) is 0 Å². The van der Waals surface area contributed by atoms with Crippen LogP contribution >= 0.6 is 11.5 Å². The van der Waals surface area contributed by atoms with Crippen molar-refractivity contribution in [1.29, 1.82) is 5.26 Å². The van der Waals surface area contributed by atoms with E-state index in [4.69, 9.17) is 5.26 Å². The molecule has 0 unspecified atom stereocenters. The highest BCUT2D eigenvalue weighted by Gasteiger charge is 2.18. The van der Waals surface area contributed by atoms with Crippen molar-refractivity contribution in [2.45, 2.75) is 20.3 Å². The van der Waals surface area contributed by atoms with E-state index in [0.29, 0.717) is 31.1 Å².